The highest BCUT2D eigenvalue weighted by atomic mass is 35.5. The molecule has 1 saturated heterocycles. The molecule has 0 radical (unpaired) electrons. The van der Waals surface area contributed by atoms with E-state index in [1.165, 1.54) is 0 Å². The molecule has 0 aliphatic carbocycles. The van der Waals surface area contributed by atoms with Gasteiger partial charge in [0.25, 0.3) is 5.91 Å². The Hall–Kier alpha value is -2.07. The van der Waals surface area contributed by atoms with Gasteiger partial charge in [-0.15, -0.1) is 12.3 Å². The predicted molar refractivity (Wildman–Crippen MR) is 89.3 cm³/mol. The van der Waals surface area contributed by atoms with Crippen LogP contribution in [0.3, 0.4) is 0 Å². The van der Waals surface area contributed by atoms with E-state index in [-0.39, 0.29) is 25.7 Å². The second kappa shape index (κ2) is 8.15. The second-order valence-electron chi connectivity index (χ2n) is 5.54. The van der Waals surface area contributed by atoms with Crippen molar-refractivity contribution in [3.63, 3.8) is 0 Å². The van der Waals surface area contributed by atoms with Crippen LogP contribution in [0.15, 0.2) is 24.3 Å². The number of halogens is 1. The molecule has 7 heteroatoms. The average molecular weight is 351 g/mol. The Kier molecular flexibility index (Phi) is 6.21. The zero-order chi connectivity index (χ0) is 17.7. The lowest BCUT2D eigenvalue weighted by molar-refractivity contribution is -0.128. The second-order valence-corrected chi connectivity index (χ2v) is 5.98. The Morgan fingerprint density at radius 3 is 2.71 bits per heavy atom. The third-order valence-electron chi connectivity index (χ3n) is 3.70. The molecule has 2 N–H and O–H groups in total. The molecule has 24 heavy (non-hydrogen) atoms. The van der Waals surface area contributed by atoms with Crippen LogP contribution in [-0.2, 0) is 9.53 Å². The maximum atomic E-state index is 12.0. The van der Waals surface area contributed by atoms with E-state index in [1.54, 1.807) is 12.1 Å². The number of amides is 3. The summed E-state index contributed by atoms with van der Waals surface area (Å²) in [6.07, 6.45) is 4.04. The number of carbonyl (C=O) groups excluding carboxylic acids is 2. The summed E-state index contributed by atoms with van der Waals surface area (Å²) in [5, 5.41) is 13.2. The molecule has 1 aliphatic rings. The van der Waals surface area contributed by atoms with Gasteiger partial charge < -0.3 is 15.2 Å². The van der Waals surface area contributed by atoms with Crippen molar-refractivity contribution >= 4 is 23.5 Å². The van der Waals surface area contributed by atoms with Gasteiger partial charge in [0.2, 0.25) is 0 Å². The molecule has 0 aromatic heterocycles. The number of nitrogens with one attached hydrogen (secondary N) is 1. The van der Waals surface area contributed by atoms with Crippen molar-refractivity contribution in [3.05, 3.63) is 34.9 Å². The summed E-state index contributed by atoms with van der Waals surface area (Å²) in [6.45, 7) is 1.69. The largest absolute Gasteiger partial charge is 0.389 e. The minimum absolute atomic E-state index is 0.0132. The summed E-state index contributed by atoms with van der Waals surface area (Å²) in [7, 11) is 0. The highest BCUT2D eigenvalue weighted by Crippen LogP contribution is 2.19. The van der Waals surface area contributed by atoms with Gasteiger partial charge in [0.15, 0.2) is 0 Å². The van der Waals surface area contributed by atoms with Crippen LogP contribution in [0, 0.1) is 12.3 Å². The number of imide groups is 1. The fourth-order valence-electron chi connectivity index (χ4n) is 2.35. The number of aliphatic hydroxyl groups excluding tert-OH is 1. The third kappa shape index (κ3) is 4.48. The van der Waals surface area contributed by atoms with Crippen molar-refractivity contribution in [2.45, 2.75) is 31.6 Å². The first-order valence-electron chi connectivity index (χ1n) is 7.52. The van der Waals surface area contributed by atoms with Crippen LogP contribution in [0.4, 0.5) is 4.79 Å². The van der Waals surface area contributed by atoms with Gasteiger partial charge in [-0.05, 0) is 24.6 Å². The first-order valence-corrected chi connectivity index (χ1v) is 7.90. The minimum atomic E-state index is -0.987. The lowest BCUT2D eigenvalue weighted by atomic mass is 10.1. The quantitative estimate of drug-likeness (QED) is 0.579. The molecule has 1 heterocycles. The number of carbonyl (C=O) groups is 2. The van der Waals surface area contributed by atoms with E-state index in [1.807, 2.05) is 19.1 Å². The molecule has 0 bridgehead atoms. The Morgan fingerprint density at radius 1 is 1.42 bits per heavy atom. The molecule has 3 atom stereocenters. The molecule has 6 nitrogen and oxygen atoms in total. The monoisotopic (exact) mass is 350 g/mol. The highest BCUT2D eigenvalue weighted by Gasteiger charge is 2.38. The zero-order valence-electron chi connectivity index (χ0n) is 13.2. The SMILES string of the molecule is C#CC[C@@H]1NC(=O)N(C[C@H](O)CO[C@H](C)c2ccc(Cl)cc2)C1=O. The van der Waals surface area contributed by atoms with Gasteiger partial charge in [-0.25, -0.2) is 4.79 Å². The highest BCUT2D eigenvalue weighted by molar-refractivity contribution is 6.30. The Balaban J connectivity index is 1.84. The summed E-state index contributed by atoms with van der Waals surface area (Å²) in [5.41, 5.74) is 0.913. The van der Waals surface area contributed by atoms with E-state index in [4.69, 9.17) is 22.8 Å². The summed E-state index contributed by atoms with van der Waals surface area (Å²) in [6, 6.07) is 5.91. The number of β-amino-alcohol motifs (C(OH)–C–C–N with tert-alkyl or cyclic N) is 1. The summed E-state index contributed by atoms with van der Waals surface area (Å²) in [4.78, 5) is 24.7. The van der Waals surface area contributed by atoms with Crippen molar-refractivity contribution in [3.8, 4) is 12.3 Å². The van der Waals surface area contributed by atoms with Gasteiger partial charge in [0, 0.05) is 11.4 Å². The normalized spacial score (nSPS) is 19.8. The molecule has 3 amide bonds. The first kappa shape index (κ1) is 18.3. The number of terminal acetylenes is 1. The number of nitrogens with zero attached hydrogens (tertiary/aromatic N) is 1. The van der Waals surface area contributed by atoms with Gasteiger partial charge in [-0.1, -0.05) is 23.7 Å². The van der Waals surface area contributed by atoms with Crippen molar-refractivity contribution in [2.75, 3.05) is 13.2 Å². The Bertz CT molecular complexity index is 641. The summed E-state index contributed by atoms with van der Waals surface area (Å²) >= 11 is 5.83. The van der Waals surface area contributed by atoms with Crippen LogP contribution in [0.5, 0.6) is 0 Å². The van der Waals surface area contributed by atoms with Crippen LogP contribution in [0.1, 0.15) is 25.0 Å². The molecule has 0 unspecified atom stereocenters. The first-order chi connectivity index (χ1) is 11.4. The summed E-state index contributed by atoms with van der Waals surface area (Å²) < 4.78 is 5.59. The third-order valence-corrected chi connectivity index (χ3v) is 3.95. The van der Waals surface area contributed by atoms with Crippen molar-refractivity contribution in [2.24, 2.45) is 0 Å². The smallest absolute Gasteiger partial charge is 0.324 e. The molecule has 1 fully saturated rings. The van der Waals surface area contributed by atoms with Gasteiger partial charge in [0.05, 0.1) is 25.4 Å². The van der Waals surface area contributed by atoms with Crippen LogP contribution in [0.25, 0.3) is 0 Å². The molecule has 1 aromatic carbocycles. The number of urea groups is 1. The van der Waals surface area contributed by atoms with Gasteiger partial charge in [-0.3, -0.25) is 9.69 Å². The summed E-state index contributed by atoms with van der Waals surface area (Å²) in [5.74, 6) is 1.91. The maximum Gasteiger partial charge on any atom is 0.324 e. The molecule has 0 saturated carbocycles. The molecule has 128 valence electrons. The molecular weight excluding hydrogens is 332 g/mol. The van der Waals surface area contributed by atoms with Crippen LogP contribution < -0.4 is 5.32 Å². The number of rotatable bonds is 7. The molecule has 2 rings (SSSR count). The zero-order valence-corrected chi connectivity index (χ0v) is 14.0. The van der Waals surface area contributed by atoms with Gasteiger partial charge >= 0.3 is 6.03 Å². The van der Waals surface area contributed by atoms with E-state index in [2.05, 4.69) is 11.2 Å². The van der Waals surface area contributed by atoms with E-state index in [0.717, 1.165) is 10.5 Å². The Morgan fingerprint density at radius 2 is 2.08 bits per heavy atom. The predicted octanol–water partition coefficient (Wildman–Crippen LogP) is 1.72. The number of ether oxygens (including phenoxy) is 1. The van der Waals surface area contributed by atoms with Crippen molar-refractivity contribution < 1.29 is 19.4 Å². The average Bonchev–Trinajstić information content (AvgIpc) is 2.81. The molecule has 0 spiro atoms. The van der Waals surface area contributed by atoms with Gasteiger partial charge in [-0.2, -0.15) is 0 Å². The van der Waals surface area contributed by atoms with E-state index >= 15 is 0 Å². The number of aliphatic hydroxyl groups is 1. The minimum Gasteiger partial charge on any atom is -0.389 e. The van der Waals surface area contributed by atoms with Crippen LogP contribution in [0.2, 0.25) is 5.02 Å². The lowest BCUT2D eigenvalue weighted by Crippen LogP contribution is -2.39. The standard InChI is InChI=1S/C17H19ClN2O4/c1-3-4-15-16(22)20(17(23)19-15)9-14(21)10-24-11(2)12-5-7-13(18)8-6-12/h1,5-8,11,14-15,21H,4,9-10H2,2H3,(H,19,23)/t11-,14+,15+/m1/s1. The van der Waals surface area contributed by atoms with Crippen LogP contribution >= 0.6 is 11.6 Å². The fourth-order valence-corrected chi connectivity index (χ4v) is 2.48. The molecule has 1 aliphatic heterocycles. The Labute approximate surface area is 145 Å². The number of benzene rings is 1. The van der Waals surface area contributed by atoms with Crippen LogP contribution in [-0.4, -0.2) is 47.2 Å². The number of hydrogen-bond acceptors (Lipinski definition) is 4. The number of hydrogen-bond donors (Lipinski definition) is 2. The topological polar surface area (TPSA) is 78.9 Å². The molecule has 1 aromatic rings. The maximum absolute atomic E-state index is 12.0. The lowest BCUT2D eigenvalue weighted by Gasteiger charge is -2.20. The van der Waals surface area contributed by atoms with Crippen molar-refractivity contribution in [1.82, 2.24) is 10.2 Å². The van der Waals surface area contributed by atoms with E-state index in [9.17, 15) is 14.7 Å². The van der Waals surface area contributed by atoms with Gasteiger partial charge in [0.1, 0.15) is 6.04 Å². The molecular formula is C17H19ClN2O4. The van der Waals surface area contributed by atoms with E-state index in [0.29, 0.717) is 5.02 Å². The van der Waals surface area contributed by atoms with E-state index < -0.39 is 24.1 Å². The van der Waals surface area contributed by atoms with Crippen molar-refractivity contribution in [1.29, 1.82) is 0 Å². The fraction of sp³-hybridized carbons (Fsp3) is 0.412.